The third-order valence-electron chi connectivity index (χ3n) is 4.34. The summed E-state index contributed by atoms with van der Waals surface area (Å²) in [4.78, 5) is 0. The van der Waals surface area contributed by atoms with E-state index < -0.39 is 11.7 Å². The van der Waals surface area contributed by atoms with Gasteiger partial charge in [0.15, 0.2) is 0 Å². The Morgan fingerprint density at radius 3 is 2.18 bits per heavy atom. The quantitative estimate of drug-likeness (QED) is 0.399. The Morgan fingerprint density at radius 1 is 0.821 bits per heavy atom. The van der Waals surface area contributed by atoms with Crippen LogP contribution in [-0.4, -0.2) is 19.7 Å². The minimum atomic E-state index is -4.32. The number of benzene rings is 2. The molecule has 0 saturated carbocycles. The Kier molecular flexibility index (Phi) is 8.98. The Morgan fingerprint density at radius 2 is 1.50 bits per heavy atom. The highest BCUT2D eigenvalue weighted by molar-refractivity contribution is 5.48. The predicted molar refractivity (Wildman–Crippen MR) is 109 cm³/mol. The smallest absolute Gasteiger partial charge is 0.416 e. The first-order valence-electron chi connectivity index (χ1n) is 9.87. The topological polar surface area (TPSA) is 33.3 Å². The van der Waals surface area contributed by atoms with Gasteiger partial charge in [-0.1, -0.05) is 38.7 Å². The maximum absolute atomic E-state index is 12.7. The van der Waals surface area contributed by atoms with E-state index in [0.717, 1.165) is 36.6 Å². The maximum Gasteiger partial charge on any atom is 0.416 e. The molecule has 6 heteroatoms. The van der Waals surface area contributed by atoms with Gasteiger partial charge in [0.25, 0.3) is 0 Å². The molecule has 0 unspecified atom stereocenters. The van der Waals surface area contributed by atoms with Gasteiger partial charge in [0, 0.05) is 24.5 Å². The van der Waals surface area contributed by atoms with Crippen LogP contribution in [0.15, 0.2) is 48.5 Å². The zero-order valence-electron chi connectivity index (χ0n) is 16.3. The number of ether oxygens (including phenoxy) is 1. The van der Waals surface area contributed by atoms with Crippen molar-refractivity contribution in [3.05, 3.63) is 54.1 Å². The number of alkyl halides is 3. The van der Waals surface area contributed by atoms with Crippen molar-refractivity contribution in [2.75, 3.05) is 30.3 Å². The van der Waals surface area contributed by atoms with Crippen LogP contribution in [0.5, 0.6) is 5.75 Å². The molecule has 2 rings (SSSR count). The SMILES string of the molecule is CCCCCCCOc1ccc(NCCNc2cccc(C(F)(F)F)c2)cc1. The summed E-state index contributed by atoms with van der Waals surface area (Å²) >= 11 is 0. The van der Waals surface area contributed by atoms with Crippen LogP contribution in [0.1, 0.15) is 44.6 Å². The van der Waals surface area contributed by atoms with Gasteiger partial charge >= 0.3 is 6.18 Å². The minimum Gasteiger partial charge on any atom is -0.494 e. The largest absolute Gasteiger partial charge is 0.494 e. The summed E-state index contributed by atoms with van der Waals surface area (Å²) in [7, 11) is 0. The average Bonchev–Trinajstić information content (AvgIpc) is 2.68. The Balaban J connectivity index is 1.65. The lowest BCUT2D eigenvalue weighted by molar-refractivity contribution is -0.137. The molecular weight excluding hydrogens is 365 g/mol. The van der Waals surface area contributed by atoms with E-state index in [1.807, 2.05) is 24.3 Å². The van der Waals surface area contributed by atoms with E-state index in [0.29, 0.717) is 18.8 Å². The average molecular weight is 394 g/mol. The van der Waals surface area contributed by atoms with Crippen LogP contribution in [0.2, 0.25) is 0 Å². The van der Waals surface area contributed by atoms with Crippen LogP contribution in [-0.2, 0) is 6.18 Å². The number of unbranched alkanes of at least 4 members (excludes halogenated alkanes) is 4. The molecule has 3 nitrogen and oxygen atoms in total. The first-order chi connectivity index (χ1) is 13.5. The predicted octanol–water partition coefficient (Wildman–Crippen LogP) is 6.58. The van der Waals surface area contributed by atoms with Crippen LogP contribution in [0.3, 0.4) is 0 Å². The van der Waals surface area contributed by atoms with Gasteiger partial charge in [0.2, 0.25) is 0 Å². The van der Waals surface area contributed by atoms with Gasteiger partial charge in [-0.15, -0.1) is 0 Å². The molecule has 0 bridgehead atoms. The Hall–Kier alpha value is -2.37. The van der Waals surface area contributed by atoms with E-state index in [1.54, 1.807) is 6.07 Å². The molecule has 2 N–H and O–H groups in total. The van der Waals surface area contributed by atoms with E-state index in [9.17, 15) is 13.2 Å². The zero-order valence-corrected chi connectivity index (χ0v) is 16.3. The van der Waals surface area contributed by atoms with E-state index in [1.165, 1.54) is 31.7 Å². The number of halogens is 3. The van der Waals surface area contributed by atoms with Gasteiger partial charge in [-0.05, 0) is 48.9 Å². The fourth-order valence-electron chi connectivity index (χ4n) is 2.78. The van der Waals surface area contributed by atoms with E-state index in [2.05, 4.69) is 17.6 Å². The fraction of sp³-hybridized carbons (Fsp3) is 0.455. The summed E-state index contributed by atoms with van der Waals surface area (Å²) in [5.74, 6) is 0.850. The summed E-state index contributed by atoms with van der Waals surface area (Å²) in [6.45, 7) is 4.04. The van der Waals surface area contributed by atoms with E-state index in [4.69, 9.17) is 4.74 Å². The van der Waals surface area contributed by atoms with Crippen molar-refractivity contribution >= 4 is 11.4 Å². The third kappa shape index (κ3) is 8.11. The standard InChI is InChI=1S/C22H29F3N2O/c1-2-3-4-5-6-16-28-21-12-10-19(11-13-21)26-14-15-27-20-9-7-8-18(17-20)22(23,24)25/h7-13,17,26-27H,2-6,14-16H2,1H3. The Bertz CT molecular complexity index is 687. The van der Waals surface area contributed by atoms with Gasteiger partial charge in [-0.25, -0.2) is 0 Å². The Labute approximate surface area is 165 Å². The number of hydrogen-bond acceptors (Lipinski definition) is 3. The van der Waals surface area contributed by atoms with Crippen LogP contribution >= 0.6 is 0 Å². The zero-order chi connectivity index (χ0) is 20.2. The fourth-order valence-corrected chi connectivity index (χ4v) is 2.78. The molecule has 0 fully saturated rings. The molecule has 28 heavy (non-hydrogen) atoms. The summed E-state index contributed by atoms with van der Waals surface area (Å²) in [5, 5.41) is 6.24. The number of nitrogens with one attached hydrogen (secondary N) is 2. The molecule has 0 aliphatic carbocycles. The second-order valence-electron chi connectivity index (χ2n) is 6.72. The molecule has 0 aromatic heterocycles. The molecule has 0 saturated heterocycles. The number of hydrogen-bond donors (Lipinski definition) is 2. The second-order valence-corrected chi connectivity index (χ2v) is 6.72. The van der Waals surface area contributed by atoms with Crippen molar-refractivity contribution in [3.63, 3.8) is 0 Å². The number of rotatable bonds is 12. The van der Waals surface area contributed by atoms with Crippen molar-refractivity contribution in [2.24, 2.45) is 0 Å². The van der Waals surface area contributed by atoms with Gasteiger partial charge < -0.3 is 15.4 Å². The summed E-state index contributed by atoms with van der Waals surface area (Å²) in [6, 6.07) is 13.0. The normalized spacial score (nSPS) is 11.3. The van der Waals surface area contributed by atoms with Crippen molar-refractivity contribution in [3.8, 4) is 5.75 Å². The molecule has 0 radical (unpaired) electrons. The molecule has 0 spiro atoms. The van der Waals surface area contributed by atoms with Crippen LogP contribution in [0, 0.1) is 0 Å². The first kappa shape index (κ1) is 21.9. The molecule has 0 aliphatic rings. The highest BCUT2D eigenvalue weighted by atomic mass is 19.4. The van der Waals surface area contributed by atoms with Crippen molar-refractivity contribution in [1.29, 1.82) is 0 Å². The molecule has 0 atom stereocenters. The van der Waals surface area contributed by atoms with Gasteiger partial charge in [-0.3, -0.25) is 0 Å². The first-order valence-corrected chi connectivity index (χ1v) is 9.87. The van der Waals surface area contributed by atoms with Gasteiger partial charge in [-0.2, -0.15) is 13.2 Å². The molecule has 2 aromatic carbocycles. The van der Waals surface area contributed by atoms with Crippen molar-refractivity contribution in [1.82, 2.24) is 0 Å². The monoisotopic (exact) mass is 394 g/mol. The molecule has 0 heterocycles. The number of anilines is 2. The molecule has 154 valence electrons. The molecule has 0 amide bonds. The van der Waals surface area contributed by atoms with Gasteiger partial charge in [0.05, 0.1) is 12.2 Å². The van der Waals surface area contributed by atoms with Crippen LogP contribution < -0.4 is 15.4 Å². The highest BCUT2D eigenvalue weighted by Crippen LogP contribution is 2.30. The maximum atomic E-state index is 12.7. The lowest BCUT2D eigenvalue weighted by Crippen LogP contribution is -2.14. The minimum absolute atomic E-state index is 0.458. The molecule has 0 aliphatic heterocycles. The lowest BCUT2D eigenvalue weighted by Gasteiger charge is -2.12. The van der Waals surface area contributed by atoms with Gasteiger partial charge in [0.1, 0.15) is 5.75 Å². The van der Waals surface area contributed by atoms with E-state index in [-0.39, 0.29) is 0 Å². The third-order valence-corrected chi connectivity index (χ3v) is 4.34. The van der Waals surface area contributed by atoms with Crippen LogP contribution in [0.4, 0.5) is 24.5 Å². The van der Waals surface area contributed by atoms with Crippen molar-refractivity contribution in [2.45, 2.75) is 45.2 Å². The molecule has 2 aromatic rings. The molecular formula is C22H29F3N2O. The summed E-state index contributed by atoms with van der Waals surface area (Å²) < 4.78 is 43.9. The van der Waals surface area contributed by atoms with E-state index >= 15 is 0 Å². The van der Waals surface area contributed by atoms with Crippen LogP contribution in [0.25, 0.3) is 0 Å². The lowest BCUT2D eigenvalue weighted by atomic mass is 10.2. The van der Waals surface area contributed by atoms with Crippen molar-refractivity contribution < 1.29 is 17.9 Å². The highest BCUT2D eigenvalue weighted by Gasteiger charge is 2.30. The summed E-state index contributed by atoms with van der Waals surface area (Å²) in [5.41, 5.74) is 0.756. The second kappa shape index (κ2) is 11.5. The summed E-state index contributed by atoms with van der Waals surface area (Å²) in [6.07, 6.45) is 1.73.